The molecule has 0 aromatic rings. The van der Waals surface area contributed by atoms with E-state index in [4.69, 9.17) is 5.11 Å². The summed E-state index contributed by atoms with van der Waals surface area (Å²) in [4.78, 5) is 14.4. The Labute approximate surface area is 117 Å². The van der Waals surface area contributed by atoms with Crippen LogP contribution in [0, 0.1) is 5.92 Å². The van der Waals surface area contributed by atoms with Gasteiger partial charge in [-0.05, 0) is 31.7 Å². The number of aliphatic hydroxyl groups is 1. The van der Waals surface area contributed by atoms with Gasteiger partial charge in [0.25, 0.3) is 0 Å². The molecule has 0 spiro atoms. The molecule has 0 aromatic carbocycles. The highest BCUT2D eigenvalue weighted by Gasteiger charge is 2.30. The van der Waals surface area contributed by atoms with Crippen molar-refractivity contribution in [2.24, 2.45) is 5.92 Å². The molecule has 1 heterocycles. The largest absolute Gasteiger partial charge is 0.395 e. The second-order valence-corrected chi connectivity index (χ2v) is 5.66. The van der Waals surface area contributed by atoms with Gasteiger partial charge in [0.2, 0.25) is 5.91 Å². The molecule has 0 bridgehead atoms. The van der Waals surface area contributed by atoms with Gasteiger partial charge in [0, 0.05) is 13.1 Å². The topological polar surface area (TPSA) is 52.6 Å². The van der Waals surface area contributed by atoms with E-state index in [-0.39, 0.29) is 18.6 Å². The molecule has 4 heteroatoms. The van der Waals surface area contributed by atoms with Crippen LogP contribution < -0.4 is 5.32 Å². The Hall–Kier alpha value is -0.610. The number of nitrogens with zero attached hydrogens (tertiary/aromatic N) is 1. The van der Waals surface area contributed by atoms with Crippen molar-refractivity contribution in [1.82, 2.24) is 10.2 Å². The molecule has 1 aliphatic rings. The van der Waals surface area contributed by atoms with Crippen LogP contribution in [0.25, 0.3) is 0 Å². The quantitative estimate of drug-likeness (QED) is 0.661. The molecule has 1 rings (SSSR count). The lowest BCUT2D eigenvalue weighted by Crippen LogP contribution is -2.53. The van der Waals surface area contributed by atoms with Crippen molar-refractivity contribution in [3.8, 4) is 0 Å². The molecule has 2 atom stereocenters. The van der Waals surface area contributed by atoms with E-state index in [2.05, 4.69) is 19.2 Å². The number of hydrogen-bond donors (Lipinski definition) is 2. The Morgan fingerprint density at radius 2 is 2.11 bits per heavy atom. The molecular formula is C15H30N2O2. The molecule has 1 amide bonds. The van der Waals surface area contributed by atoms with Gasteiger partial charge in [-0.3, -0.25) is 4.79 Å². The minimum Gasteiger partial charge on any atom is -0.395 e. The molecule has 1 saturated heterocycles. The first kappa shape index (κ1) is 16.4. The van der Waals surface area contributed by atoms with E-state index in [1.807, 2.05) is 4.90 Å². The molecule has 2 unspecified atom stereocenters. The third-order valence-corrected chi connectivity index (χ3v) is 4.00. The lowest BCUT2D eigenvalue weighted by Gasteiger charge is -2.33. The number of carbonyl (C=O) groups is 1. The van der Waals surface area contributed by atoms with E-state index >= 15 is 0 Å². The van der Waals surface area contributed by atoms with Crippen molar-refractivity contribution in [3.63, 3.8) is 0 Å². The summed E-state index contributed by atoms with van der Waals surface area (Å²) in [7, 11) is 0. The van der Waals surface area contributed by atoms with Gasteiger partial charge in [-0.1, -0.05) is 33.1 Å². The molecule has 2 N–H and O–H groups in total. The minimum atomic E-state index is -0.0496. The van der Waals surface area contributed by atoms with E-state index in [0.717, 1.165) is 32.4 Å². The Morgan fingerprint density at radius 1 is 1.32 bits per heavy atom. The van der Waals surface area contributed by atoms with Crippen LogP contribution in [0.15, 0.2) is 0 Å². The van der Waals surface area contributed by atoms with Gasteiger partial charge in [-0.15, -0.1) is 0 Å². The SMILES string of the molecule is CCCCCCN(CCO)C(=O)C1NCCCC1C. The third-order valence-electron chi connectivity index (χ3n) is 4.00. The maximum Gasteiger partial charge on any atom is 0.240 e. The molecule has 0 radical (unpaired) electrons. The molecule has 112 valence electrons. The van der Waals surface area contributed by atoms with Gasteiger partial charge in [0.1, 0.15) is 0 Å². The smallest absolute Gasteiger partial charge is 0.240 e. The summed E-state index contributed by atoms with van der Waals surface area (Å²) in [6.07, 6.45) is 6.90. The number of hydrogen-bond acceptors (Lipinski definition) is 3. The first-order valence-electron chi connectivity index (χ1n) is 7.83. The van der Waals surface area contributed by atoms with Crippen molar-refractivity contribution in [3.05, 3.63) is 0 Å². The molecule has 19 heavy (non-hydrogen) atoms. The van der Waals surface area contributed by atoms with Crippen LogP contribution in [-0.4, -0.2) is 48.2 Å². The van der Waals surface area contributed by atoms with E-state index in [1.165, 1.54) is 19.3 Å². The van der Waals surface area contributed by atoms with E-state index in [1.54, 1.807) is 0 Å². The highest BCUT2D eigenvalue weighted by atomic mass is 16.3. The first-order valence-corrected chi connectivity index (χ1v) is 7.83. The van der Waals surface area contributed by atoms with Crippen LogP contribution >= 0.6 is 0 Å². The Kier molecular flexibility index (Phi) is 8.07. The van der Waals surface area contributed by atoms with Crippen LogP contribution in [0.3, 0.4) is 0 Å². The lowest BCUT2D eigenvalue weighted by atomic mass is 9.91. The fourth-order valence-electron chi connectivity index (χ4n) is 2.76. The van der Waals surface area contributed by atoms with Crippen molar-refractivity contribution < 1.29 is 9.90 Å². The Bertz CT molecular complexity index is 259. The normalized spacial score (nSPS) is 23.3. The zero-order chi connectivity index (χ0) is 14.1. The molecule has 1 aliphatic heterocycles. The summed E-state index contributed by atoms with van der Waals surface area (Å²) in [5.74, 6) is 0.579. The molecule has 0 aromatic heterocycles. The molecule has 0 saturated carbocycles. The first-order chi connectivity index (χ1) is 9.20. The van der Waals surface area contributed by atoms with Gasteiger partial charge >= 0.3 is 0 Å². The minimum absolute atomic E-state index is 0.0496. The van der Waals surface area contributed by atoms with Crippen LogP contribution in [-0.2, 0) is 4.79 Å². The summed E-state index contributed by atoms with van der Waals surface area (Å²) >= 11 is 0. The summed E-state index contributed by atoms with van der Waals surface area (Å²) in [5, 5.41) is 12.5. The average molecular weight is 270 g/mol. The van der Waals surface area contributed by atoms with E-state index in [0.29, 0.717) is 12.5 Å². The highest BCUT2D eigenvalue weighted by molar-refractivity contribution is 5.82. The van der Waals surface area contributed by atoms with Crippen molar-refractivity contribution in [2.75, 3.05) is 26.2 Å². The summed E-state index contributed by atoms with van der Waals surface area (Å²) in [6, 6.07) is -0.0496. The maximum atomic E-state index is 12.5. The van der Waals surface area contributed by atoms with Crippen LogP contribution in [0.1, 0.15) is 52.4 Å². The number of rotatable bonds is 8. The molecular weight excluding hydrogens is 240 g/mol. The molecule has 0 aliphatic carbocycles. The second-order valence-electron chi connectivity index (χ2n) is 5.66. The van der Waals surface area contributed by atoms with E-state index < -0.39 is 0 Å². The number of carbonyl (C=O) groups excluding carboxylic acids is 1. The predicted octanol–water partition coefficient (Wildman–Crippen LogP) is 1.78. The van der Waals surface area contributed by atoms with Crippen molar-refractivity contribution >= 4 is 5.91 Å². The van der Waals surface area contributed by atoms with Gasteiger partial charge < -0.3 is 15.3 Å². The number of amides is 1. The number of nitrogens with one attached hydrogen (secondary N) is 1. The zero-order valence-corrected chi connectivity index (χ0v) is 12.5. The monoisotopic (exact) mass is 270 g/mol. The molecule has 1 fully saturated rings. The Balaban J connectivity index is 2.46. The fraction of sp³-hybridized carbons (Fsp3) is 0.933. The number of unbranched alkanes of at least 4 members (excludes halogenated alkanes) is 3. The third kappa shape index (κ3) is 5.49. The van der Waals surface area contributed by atoms with Crippen molar-refractivity contribution in [1.29, 1.82) is 0 Å². The summed E-state index contributed by atoms with van der Waals surface area (Å²) < 4.78 is 0. The zero-order valence-electron chi connectivity index (χ0n) is 12.5. The second kappa shape index (κ2) is 9.32. The van der Waals surface area contributed by atoms with Crippen molar-refractivity contribution in [2.45, 2.75) is 58.4 Å². The van der Waals surface area contributed by atoms with Crippen LogP contribution in [0.2, 0.25) is 0 Å². The average Bonchev–Trinajstić information content (AvgIpc) is 2.42. The standard InChI is InChI=1S/C15H30N2O2/c1-3-4-5-6-10-17(11-12-18)15(19)14-13(2)8-7-9-16-14/h13-14,16,18H,3-12H2,1-2H3. The summed E-state index contributed by atoms with van der Waals surface area (Å²) in [6.45, 7) is 6.57. The van der Waals surface area contributed by atoms with Crippen LogP contribution in [0.5, 0.6) is 0 Å². The fourth-order valence-corrected chi connectivity index (χ4v) is 2.76. The number of piperidine rings is 1. The lowest BCUT2D eigenvalue weighted by molar-refractivity contribution is -0.135. The van der Waals surface area contributed by atoms with Crippen LogP contribution in [0.4, 0.5) is 0 Å². The van der Waals surface area contributed by atoms with Gasteiger partial charge in [0.15, 0.2) is 0 Å². The van der Waals surface area contributed by atoms with Gasteiger partial charge in [-0.2, -0.15) is 0 Å². The predicted molar refractivity (Wildman–Crippen MR) is 78.0 cm³/mol. The Morgan fingerprint density at radius 3 is 2.74 bits per heavy atom. The number of aliphatic hydroxyl groups excluding tert-OH is 1. The van der Waals surface area contributed by atoms with E-state index in [9.17, 15) is 4.79 Å². The summed E-state index contributed by atoms with van der Waals surface area (Å²) in [5.41, 5.74) is 0. The van der Waals surface area contributed by atoms with Gasteiger partial charge in [-0.25, -0.2) is 0 Å². The maximum absolute atomic E-state index is 12.5. The highest BCUT2D eigenvalue weighted by Crippen LogP contribution is 2.17. The molecule has 4 nitrogen and oxygen atoms in total. The van der Waals surface area contributed by atoms with Gasteiger partial charge in [0.05, 0.1) is 12.6 Å².